The van der Waals surface area contributed by atoms with Crippen LogP contribution >= 0.6 is 11.8 Å². The van der Waals surface area contributed by atoms with Crippen LogP contribution in [0.1, 0.15) is 11.7 Å². The molecule has 19 heavy (non-hydrogen) atoms. The number of aliphatic hydroxyl groups is 1. The molecule has 0 aromatic heterocycles. The van der Waals surface area contributed by atoms with Crippen LogP contribution in [0.4, 0.5) is 10.1 Å². The van der Waals surface area contributed by atoms with Crippen molar-refractivity contribution >= 4 is 17.4 Å². The van der Waals surface area contributed by atoms with E-state index in [0.29, 0.717) is 5.56 Å². The third-order valence-electron chi connectivity index (χ3n) is 2.83. The molecule has 0 heterocycles. The highest BCUT2D eigenvalue weighted by atomic mass is 32.2. The summed E-state index contributed by atoms with van der Waals surface area (Å²) in [6, 6.07) is 14.2. The summed E-state index contributed by atoms with van der Waals surface area (Å²) in [5.74, 6) is -0.380. The molecule has 0 saturated carbocycles. The molecule has 0 aliphatic carbocycles. The summed E-state index contributed by atoms with van der Waals surface area (Å²) in [6.45, 7) is 0.277. The number of nitrogens with one attached hydrogen (secondary N) is 1. The summed E-state index contributed by atoms with van der Waals surface area (Å²) in [4.78, 5) is 1.14. The topological polar surface area (TPSA) is 32.3 Å². The minimum Gasteiger partial charge on any atom is -0.386 e. The molecule has 1 unspecified atom stereocenters. The molecule has 2 aromatic rings. The molecule has 1 atom stereocenters. The first-order valence-corrected chi connectivity index (χ1v) is 7.23. The predicted octanol–water partition coefficient (Wildman–Crippen LogP) is 3.69. The molecule has 2 aromatic carbocycles. The number of thioether (sulfide) groups is 1. The number of rotatable bonds is 5. The monoisotopic (exact) mass is 277 g/mol. The smallest absolute Gasteiger partial charge is 0.129 e. The van der Waals surface area contributed by atoms with Crippen molar-refractivity contribution in [3.8, 4) is 0 Å². The third-order valence-corrected chi connectivity index (χ3v) is 3.56. The van der Waals surface area contributed by atoms with Gasteiger partial charge in [-0.25, -0.2) is 4.39 Å². The second-order valence-electron chi connectivity index (χ2n) is 4.15. The first-order chi connectivity index (χ1) is 9.20. The zero-order valence-electron chi connectivity index (χ0n) is 10.6. The summed E-state index contributed by atoms with van der Waals surface area (Å²) >= 11 is 1.65. The quantitative estimate of drug-likeness (QED) is 0.817. The van der Waals surface area contributed by atoms with E-state index in [0.717, 1.165) is 10.6 Å². The Hall–Kier alpha value is -1.52. The zero-order chi connectivity index (χ0) is 13.7. The number of hydrogen-bond donors (Lipinski definition) is 2. The van der Waals surface area contributed by atoms with Gasteiger partial charge in [-0.05, 0) is 30.5 Å². The molecule has 0 radical (unpaired) electrons. The lowest BCUT2D eigenvalue weighted by molar-refractivity contribution is 0.186. The molecule has 0 amide bonds. The molecule has 2 rings (SSSR count). The fourth-order valence-electron chi connectivity index (χ4n) is 1.80. The number of anilines is 1. The van der Waals surface area contributed by atoms with Gasteiger partial charge in [-0.2, -0.15) is 0 Å². The Labute approximate surface area is 116 Å². The second-order valence-corrected chi connectivity index (χ2v) is 5.03. The minimum atomic E-state index is -0.862. The van der Waals surface area contributed by atoms with Crippen LogP contribution < -0.4 is 5.32 Å². The van der Waals surface area contributed by atoms with Crippen LogP contribution in [-0.2, 0) is 0 Å². The van der Waals surface area contributed by atoms with Crippen molar-refractivity contribution in [2.24, 2.45) is 0 Å². The molecule has 0 aliphatic heterocycles. The normalized spacial score (nSPS) is 12.2. The van der Waals surface area contributed by atoms with Gasteiger partial charge in [-0.15, -0.1) is 11.8 Å². The SMILES string of the molecule is CSc1cccc(NCC(O)c2ccccc2F)c1. The molecule has 4 heteroatoms. The predicted molar refractivity (Wildman–Crippen MR) is 78.1 cm³/mol. The number of halogens is 1. The molecule has 0 bridgehead atoms. The average Bonchev–Trinajstić information content (AvgIpc) is 2.45. The van der Waals surface area contributed by atoms with Crippen molar-refractivity contribution < 1.29 is 9.50 Å². The number of benzene rings is 2. The van der Waals surface area contributed by atoms with Gasteiger partial charge in [0.15, 0.2) is 0 Å². The van der Waals surface area contributed by atoms with Gasteiger partial charge in [0.2, 0.25) is 0 Å². The number of aliphatic hydroxyl groups excluding tert-OH is 1. The maximum Gasteiger partial charge on any atom is 0.129 e. The maximum atomic E-state index is 13.5. The lowest BCUT2D eigenvalue weighted by atomic mass is 10.1. The van der Waals surface area contributed by atoms with Crippen molar-refractivity contribution in [1.82, 2.24) is 0 Å². The summed E-state index contributed by atoms with van der Waals surface area (Å²) in [7, 11) is 0. The van der Waals surface area contributed by atoms with E-state index in [4.69, 9.17) is 0 Å². The lowest BCUT2D eigenvalue weighted by Gasteiger charge is -2.14. The van der Waals surface area contributed by atoms with Crippen molar-refractivity contribution in [2.75, 3.05) is 18.1 Å². The van der Waals surface area contributed by atoms with E-state index in [1.807, 2.05) is 30.5 Å². The van der Waals surface area contributed by atoms with E-state index < -0.39 is 6.10 Å². The van der Waals surface area contributed by atoms with Gasteiger partial charge in [0.05, 0.1) is 6.10 Å². The fourth-order valence-corrected chi connectivity index (χ4v) is 2.26. The van der Waals surface area contributed by atoms with Crippen LogP contribution in [0.3, 0.4) is 0 Å². The van der Waals surface area contributed by atoms with Gasteiger partial charge < -0.3 is 10.4 Å². The van der Waals surface area contributed by atoms with E-state index in [2.05, 4.69) is 5.32 Å². The van der Waals surface area contributed by atoms with Crippen molar-refractivity contribution in [1.29, 1.82) is 0 Å². The second kappa shape index (κ2) is 6.59. The van der Waals surface area contributed by atoms with E-state index >= 15 is 0 Å². The average molecular weight is 277 g/mol. The Morgan fingerprint density at radius 2 is 2.00 bits per heavy atom. The summed E-state index contributed by atoms with van der Waals surface area (Å²) in [5.41, 5.74) is 1.23. The van der Waals surface area contributed by atoms with Gasteiger partial charge >= 0.3 is 0 Å². The summed E-state index contributed by atoms with van der Waals surface area (Å²) < 4.78 is 13.5. The molecule has 0 aliphatic rings. The molecule has 0 spiro atoms. The Bertz CT molecular complexity index is 547. The van der Waals surface area contributed by atoms with Gasteiger partial charge in [0, 0.05) is 22.7 Å². The Morgan fingerprint density at radius 1 is 1.21 bits per heavy atom. The molecule has 0 saturated heterocycles. The van der Waals surface area contributed by atoms with Crippen molar-refractivity contribution in [2.45, 2.75) is 11.0 Å². The molecular formula is C15H16FNOS. The minimum absolute atomic E-state index is 0.277. The molecule has 0 fully saturated rings. The van der Waals surface area contributed by atoms with E-state index in [9.17, 15) is 9.50 Å². The molecular weight excluding hydrogens is 261 g/mol. The van der Waals surface area contributed by atoms with Crippen LogP contribution in [0.25, 0.3) is 0 Å². The highest BCUT2D eigenvalue weighted by molar-refractivity contribution is 7.98. The van der Waals surface area contributed by atoms with E-state index in [1.165, 1.54) is 6.07 Å². The first-order valence-electron chi connectivity index (χ1n) is 6.01. The van der Waals surface area contributed by atoms with Gasteiger partial charge in [0.1, 0.15) is 5.82 Å². The Kier molecular flexibility index (Phi) is 4.82. The van der Waals surface area contributed by atoms with Crippen molar-refractivity contribution in [3.63, 3.8) is 0 Å². The summed E-state index contributed by atoms with van der Waals surface area (Å²) in [6.07, 6.45) is 1.15. The fraction of sp³-hybridized carbons (Fsp3) is 0.200. The van der Waals surface area contributed by atoms with E-state index in [-0.39, 0.29) is 12.4 Å². The number of hydrogen-bond acceptors (Lipinski definition) is 3. The van der Waals surface area contributed by atoms with Crippen LogP contribution in [-0.4, -0.2) is 17.9 Å². The molecule has 100 valence electrons. The van der Waals surface area contributed by atoms with Gasteiger partial charge in [-0.1, -0.05) is 24.3 Å². The molecule has 2 nitrogen and oxygen atoms in total. The third kappa shape index (κ3) is 3.72. The van der Waals surface area contributed by atoms with Gasteiger partial charge in [0.25, 0.3) is 0 Å². The first kappa shape index (κ1) is 13.9. The summed E-state index contributed by atoms with van der Waals surface area (Å²) in [5, 5.41) is 13.1. The zero-order valence-corrected chi connectivity index (χ0v) is 11.5. The molecule has 2 N–H and O–H groups in total. The standard InChI is InChI=1S/C15H16FNOS/c1-19-12-6-4-5-11(9-12)17-10-15(18)13-7-2-3-8-14(13)16/h2-9,15,17-18H,10H2,1H3. The van der Waals surface area contributed by atoms with Gasteiger partial charge in [-0.3, -0.25) is 0 Å². The maximum absolute atomic E-state index is 13.5. The van der Waals surface area contributed by atoms with E-state index in [1.54, 1.807) is 30.0 Å². The highest BCUT2D eigenvalue weighted by Crippen LogP contribution is 2.21. The van der Waals surface area contributed by atoms with Crippen LogP contribution in [0, 0.1) is 5.82 Å². The lowest BCUT2D eigenvalue weighted by Crippen LogP contribution is -2.13. The van der Waals surface area contributed by atoms with Crippen LogP contribution in [0.5, 0.6) is 0 Å². The largest absolute Gasteiger partial charge is 0.386 e. The Morgan fingerprint density at radius 3 is 2.74 bits per heavy atom. The highest BCUT2D eigenvalue weighted by Gasteiger charge is 2.11. The van der Waals surface area contributed by atoms with Crippen molar-refractivity contribution in [3.05, 3.63) is 59.9 Å². The van der Waals surface area contributed by atoms with Crippen LogP contribution in [0.15, 0.2) is 53.4 Å². The Balaban J connectivity index is 2.00. The van der Waals surface area contributed by atoms with Crippen LogP contribution in [0.2, 0.25) is 0 Å².